The van der Waals surface area contributed by atoms with Crippen LogP contribution in [0.1, 0.15) is 5.56 Å². The van der Waals surface area contributed by atoms with Gasteiger partial charge in [-0.2, -0.15) is 0 Å². The second-order valence-corrected chi connectivity index (χ2v) is 4.27. The van der Waals surface area contributed by atoms with E-state index in [9.17, 15) is 9.18 Å². The summed E-state index contributed by atoms with van der Waals surface area (Å²) in [5.41, 5.74) is 9.38. The number of likely N-dealkylation sites (tertiary alicyclic amines) is 1. The number of amides is 1. The van der Waals surface area contributed by atoms with E-state index in [-0.39, 0.29) is 5.91 Å². The van der Waals surface area contributed by atoms with E-state index in [1.54, 1.807) is 4.90 Å². The molecule has 6 heteroatoms. The normalized spacial score (nSPS) is 22.9. The maximum Gasteiger partial charge on any atom is 0.232 e. The van der Waals surface area contributed by atoms with Crippen LogP contribution in [0.5, 0.6) is 0 Å². The Morgan fingerprint density at radius 3 is 2.78 bits per heavy atom. The first kappa shape index (κ1) is 12.4. The van der Waals surface area contributed by atoms with Crippen LogP contribution in [0.2, 0.25) is 0 Å². The van der Waals surface area contributed by atoms with Gasteiger partial charge in [0, 0.05) is 23.9 Å². The molecule has 0 bridgehead atoms. The van der Waals surface area contributed by atoms with Crippen LogP contribution in [0.3, 0.4) is 0 Å². The fraction of sp³-hybridized carbons (Fsp3) is 0.417. The minimum Gasteiger partial charge on any atom is -0.338 e. The van der Waals surface area contributed by atoms with Crippen molar-refractivity contribution < 1.29 is 9.18 Å². The molecule has 1 aliphatic rings. The Morgan fingerprint density at radius 1 is 1.44 bits per heavy atom. The molecular weight excluding hydrogens is 235 g/mol. The van der Waals surface area contributed by atoms with E-state index in [2.05, 4.69) is 10.0 Å². The Morgan fingerprint density at radius 2 is 2.17 bits per heavy atom. The molecule has 0 aliphatic carbocycles. The molecule has 1 saturated heterocycles. The van der Waals surface area contributed by atoms with Gasteiger partial charge in [0.25, 0.3) is 0 Å². The number of hydrogen-bond acceptors (Lipinski definition) is 2. The molecule has 0 aromatic heterocycles. The first-order chi connectivity index (χ1) is 8.76. The van der Waals surface area contributed by atoms with Crippen molar-refractivity contribution in [2.45, 2.75) is 12.6 Å². The summed E-state index contributed by atoms with van der Waals surface area (Å²) in [7, 11) is 0. The average Bonchev–Trinajstić information content (AvgIpc) is 2.69. The number of hydrogen-bond donors (Lipinski definition) is 0. The maximum absolute atomic E-state index is 12.8. The molecule has 0 radical (unpaired) electrons. The Hall–Kier alpha value is -2.07. The summed E-state index contributed by atoms with van der Waals surface area (Å²) in [5, 5.41) is 3.40. The number of azide groups is 1. The molecule has 1 aromatic rings. The molecule has 94 valence electrons. The van der Waals surface area contributed by atoms with Gasteiger partial charge in [-0.3, -0.25) is 9.18 Å². The topological polar surface area (TPSA) is 69.1 Å². The van der Waals surface area contributed by atoms with Crippen molar-refractivity contribution >= 4 is 5.91 Å². The maximum atomic E-state index is 12.8. The third-order valence-corrected chi connectivity index (χ3v) is 3.06. The molecule has 0 saturated carbocycles. The van der Waals surface area contributed by atoms with Crippen molar-refractivity contribution in [2.75, 3.05) is 13.2 Å². The molecule has 1 amide bonds. The van der Waals surface area contributed by atoms with E-state index >= 15 is 0 Å². The molecule has 0 N–H and O–H groups in total. The van der Waals surface area contributed by atoms with Crippen molar-refractivity contribution in [1.29, 1.82) is 0 Å². The van der Waals surface area contributed by atoms with Crippen LogP contribution < -0.4 is 0 Å². The minimum atomic E-state index is -0.899. The quantitative estimate of drug-likeness (QED) is 0.458. The van der Waals surface area contributed by atoms with Crippen molar-refractivity contribution in [3.05, 3.63) is 46.3 Å². The molecular formula is C12H13FN4O. The van der Waals surface area contributed by atoms with Gasteiger partial charge in [-0.1, -0.05) is 35.4 Å². The molecule has 1 aromatic carbocycles. The summed E-state index contributed by atoms with van der Waals surface area (Å²) in [4.78, 5) is 16.1. The molecule has 2 unspecified atom stereocenters. The van der Waals surface area contributed by atoms with E-state index in [1.165, 1.54) is 0 Å². The molecule has 1 fully saturated rings. The highest BCUT2D eigenvalue weighted by atomic mass is 19.1. The molecule has 0 spiro atoms. The van der Waals surface area contributed by atoms with Gasteiger partial charge >= 0.3 is 0 Å². The molecule has 1 aliphatic heterocycles. The highest BCUT2D eigenvalue weighted by molar-refractivity contribution is 5.84. The number of halogens is 1. The number of carbonyl (C=O) groups is 1. The third-order valence-electron chi connectivity index (χ3n) is 3.06. The lowest BCUT2D eigenvalue weighted by atomic mass is 10.1. The van der Waals surface area contributed by atoms with Crippen molar-refractivity contribution in [2.24, 2.45) is 11.0 Å². The van der Waals surface area contributed by atoms with Crippen molar-refractivity contribution in [3.8, 4) is 0 Å². The third kappa shape index (κ3) is 2.43. The summed E-state index contributed by atoms with van der Waals surface area (Å²) in [6, 6.07) is 8.56. The molecule has 2 atom stereocenters. The summed E-state index contributed by atoms with van der Waals surface area (Å²) < 4.78 is 12.8. The Balaban J connectivity index is 2.11. The Bertz CT molecular complexity index is 472. The van der Waals surface area contributed by atoms with Gasteiger partial charge < -0.3 is 4.90 Å². The monoisotopic (exact) mass is 248 g/mol. The zero-order valence-corrected chi connectivity index (χ0v) is 9.74. The van der Waals surface area contributed by atoms with Crippen molar-refractivity contribution in [1.82, 2.24) is 4.90 Å². The van der Waals surface area contributed by atoms with Crippen LogP contribution >= 0.6 is 0 Å². The molecule has 2 rings (SSSR count). The van der Waals surface area contributed by atoms with Crippen LogP contribution in [0.25, 0.3) is 10.4 Å². The molecule has 5 nitrogen and oxygen atoms in total. The predicted octanol–water partition coefficient (Wildman–Crippen LogP) is 2.29. The van der Waals surface area contributed by atoms with E-state index in [0.717, 1.165) is 5.56 Å². The number of carbonyl (C=O) groups excluding carboxylic acids is 1. The Kier molecular flexibility index (Phi) is 3.79. The van der Waals surface area contributed by atoms with E-state index in [1.807, 2.05) is 30.3 Å². The second kappa shape index (κ2) is 5.51. The number of benzene rings is 1. The number of rotatable bonds is 4. The fourth-order valence-corrected chi connectivity index (χ4v) is 2.14. The van der Waals surface area contributed by atoms with Crippen LogP contribution in [0.4, 0.5) is 4.39 Å². The zero-order chi connectivity index (χ0) is 13.0. The molecule has 18 heavy (non-hydrogen) atoms. The summed E-state index contributed by atoms with van der Waals surface area (Å²) in [6.45, 7) is 0.0717. The van der Waals surface area contributed by atoms with Crippen molar-refractivity contribution in [3.63, 3.8) is 0 Å². The van der Waals surface area contributed by atoms with E-state index in [0.29, 0.717) is 13.1 Å². The van der Waals surface area contributed by atoms with Gasteiger partial charge in [0.2, 0.25) is 5.91 Å². The first-order valence-electron chi connectivity index (χ1n) is 5.69. The highest BCUT2D eigenvalue weighted by Crippen LogP contribution is 2.24. The standard InChI is InChI=1S/C12H13FN4O/c13-6-10-8-17(12(18)11(10)15-16-14)7-9-4-2-1-3-5-9/h1-5,10-11H,6-8H2. The lowest BCUT2D eigenvalue weighted by molar-refractivity contribution is -0.129. The lowest BCUT2D eigenvalue weighted by Gasteiger charge is -2.16. The first-order valence-corrected chi connectivity index (χ1v) is 5.69. The van der Waals surface area contributed by atoms with Gasteiger partial charge in [0.05, 0.1) is 6.67 Å². The predicted molar refractivity (Wildman–Crippen MR) is 64.3 cm³/mol. The van der Waals surface area contributed by atoms with Gasteiger partial charge in [-0.15, -0.1) is 0 Å². The van der Waals surface area contributed by atoms with Crippen LogP contribution in [-0.4, -0.2) is 30.1 Å². The van der Waals surface area contributed by atoms with Gasteiger partial charge in [-0.05, 0) is 11.1 Å². The number of alkyl halides is 1. The van der Waals surface area contributed by atoms with Crippen LogP contribution in [0.15, 0.2) is 35.4 Å². The summed E-state index contributed by atoms with van der Waals surface area (Å²) in [5.74, 6) is -0.823. The largest absolute Gasteiger partial charge is 0.338 e. The molecule has 1 heterocycles. The fourth-order valence-electron chi connectivity index (χ4n) is 2.14. The highest BCUT2D eigenvalue weighted by Gasteiger charge is 2.39. The van der Waals surface area contributed by atoms with Crippen LogP contribution in [-0.2, 0) is 11.3 Å². The number of nitrogens with zero attached hydrogens (tertiary/aromatic N) is 4. The SMILES string of the molecule is [N-]=[N+]=NC1C(=O)N(Cc2ccccc2)CC1CF. The average molecular weight is 248 g/mol. The minimum absolute atomic E-state index is 0.292. The summed E-state index contributed by atoms with van der Waals surface area (Å²) in [6.07, 6.45) is 0. The zero-order valence-electron chi connectivity index (χ0n) is 9.74. The van der Waals surface area contributed by atoms with Gasteiger partial charge in [0.1, 0.15) is 6.04 Å². The lowest BCUT2D eigenvalue weighted by Crippen LogP contribution is -2.28. The van der Waals surface area contributed by atoms with Crippen LogP contribution in [0, 0.1) is 5.92 Å². The van der Waals surface area contributed by atoms with Gasteiger partial charge in [-0.25, -0.2) is 0 Å². The summed E-state index contributed by atoms with van der Waals surface area (Å²) >= 11 is 0. The van der Waals surface area contributed by atoms with E-state index in [4.69, 9.17) is 5.53 Å². The van der Waals surface area contributed by atoms with Gasteiger partial charge in [0.15, 0.2) is 0 Å². The van der Waals surface area contributed by atoms with E-state index < -0.39 is 18.6 Å². The smallest absolute Gasteiger partial charge is 0.232 e. The Labute approximate surface area is 104 Å². The second-order valence-electron chi connectivity index (χ2n) is 4.27.